The summed E-state index contributed by atoms with van der Waals surface area (Å²) >= 11 is 0. The summed E-state index contributed by atoms with van der Waals surface area (Å²) in [5, 5.41) is 3.87. The first-order valence-corrected chi connectivity index (χ1v) is 8.33. The van der Waals surface area contributed by atoms with E-state index in [1.54, 1.807) is 6.07 Å². The third-order valence-electron chi connectivity index (χ3n) is 4.52. The second-order valence-electron chi connectivity index (χ2n) is 6.41. The van der Waals surface area contributed by atoms with Gasteiger partial charge in [0.1, 0.15) is 11.3 Å². The Morgan fingerprint density at radius 1 is 1.38 bits per heavy atom. The van der Waals surface area contributed by atoms with Crippen LogP contribution in [0.25, 0.3) is 11.0 Å². The van der Waals surface area contributed by atoms with E-state index in [1.165, 1.54) is 0 Å². The molecule has 0 unspecified atom stereocenters. The first-order valence-electron chi connectivity index (χ1n) is 8.33. The zero-order valence-electron chi connectivity index (χ0n) is 13.9. The lowest BCUT2D eigenvalue weighted by Gasteiger charge is -2.31. The van der Waals surface area contributed by atoms with Crippen LogP contribution < -0.4 is 11.1 Å². The number of piperidine rings is 1. The van der Waals surface area contributed by atoms with Gasteiger partial charge in [-0.2, -0.15) is 0 Å². The summed E-state index contributed by atoms with van der Waals surface area (Å²) in [6, 6.07) is 7.35. The van der Waals surface area contributed by atoms with Crippen LogP contribution in [0.4, 0.5) is 0 Å². The summed E-state index contributed by atoms with van der Waals surface area (Å²) in [5.41, 5.74) is 6.80. The molecule has 0 bridgehead atoms. The molecular weight excluding hydrogens is 306 g/mol. The van der Waals surface area contributed by atoms with Crippen LogP contribution in [-0.2, 0) is 4.79 Å². The third-order valence-corrected chi connectivity index (χ3v) is 4.52. The molecule has 1 fully saturated rings. The van der Waals surface area contributed by atoms with Gasteiger partial charge in [-0.1, -0.05) is 0 Å². The molecule has 1 aromatic heterocycles. The normalized spacial score (nSPS) is 18.6. The molecule has 1 atom stereocenters. The van der Waals surface area contributed by atoms with Crippen molar-refractivity contribution >= 4 is 22.8 Å². The molecule has 2 amide bonds. The monoisotopic (exact) mass is 329 g/mol. The molecule has 0 radical (unpaired) electrons. The van der Waals surface area contributed by atoms with E-state index in [-0.39, 0.29) is 17.7 Å². The van der Waals surface area contributed by atoms with Gasteiger partial charge in [0.25, 0.3) is 5.91 Å². The highest BCUT2D eigenvalue weighted by molar-refractivity contribution is 5.97. The molecule has 0 aliphatic carbocycles. The van der Waals surface area contributed by atoms with E-state index >= 15 is 0 Å². The van der Waals surface area contributed by atoms with E-state index in [0.717, 1.165) is 42.7 Å². The fraction of sp³-hybridized carbons (Fsp3) is 0.444. The van der Waals surface area contributed by atoms with Crippen LogP contribution in [0, 0.1) is 12.8 Å². The Hall–Kier alpha value is -2.34. The number of aryl methyl sites for hydroxylation is 1. The number of rotatable bonds is 5. The predicted octanol–water partition coefficient (Wildman–Crippen LogP) is 1.67. The number of nitrogens with two attached hydrogens (primary N) is 1. The third kappa shape index (κ3) is 3.76. The van der Waals surface area contributed by atoms with E-state index in [2.05, 4.69) is 10.2 Å². The molecule has 2 heterocycles. The van der Waals surface area contributed by atoms with Crippen LogP contribution in [0.5, 0.6) is 0 Å². The number of hydrogen-bond acceptors (Lipinski definition) is 4. The Labute approximate surface area is 141 Å². The van der Waals surface area contributed by atoms with Crippen molar-refractivity contribution in [3.63, 3.8) is 0 Å². The fourth-order valence-electron chi connectivity index (χ4n) is 3.24. The van der Waals surface area contributed by atoms with Crippen molar-refractivity contribution in [3.05, 3.63) is 35.6 Å². The molecule has 3 rings (SSSR count). The van der Waals surface area contributed by atoms with Gasteiger partial charge in [0.2, 0.25) is 5.91 Å². The molecule has 6 nitrogen and oxygen atoms in total. The van der Waals surface area contributed by atoms with Crippen molar-refractivity contribution in [1.29, 1.82) is 0 Å². The summed E-state index contributed by atoms with van der Waals surface area (Å²) < 4.78 is 5.52. The average Bonchev–Trinajstić information content (AvgIpc) is 2.94. The summed E-state index contributed by atoms with van der Waals surface area (Å²) in [7, 11) is 0. The molecule has 1 saturated heterocycles. The van der Waals surface area contributed by atoms with Gasteiger partial charge in [-0.15, -0.1) is 0 Å². The Bertz CT molecular complexity index is 753. The smallest absolute Gasteiger partial charge is 0.251 e. The largest absolute Gasteiger partial charge is 0.461 e. The van der Waals surface area contributed by atoms with Crippen LogP contribution in [0.15, 0.2) is 28.7 Å². The Morgan fingerprint density at radius 2 is 2.21 bits per heavy atom. The second-order valence-corrected chi connectivity index (χ2v) is 6.41. The molecule has 1 aliphatic rings. The standard InChI is InChI=1S/C18H23N3O3/c1-12-9-15-10-13(4-5-16(15)24-12)18(23)20-6-8-21-7-2-3-14(11-21)17(19)22/h4-5,9-10,14H,2-3,6-8,11H2,1H3,(H2,19,22)(H,20,23)/t14-/m1/s1. The van der Waals surface area contributed by atoms with Crippen LogP contribution in [0.2, 0.25) is 0 Å². The summed E-state index contributed by atoms with van der Waals surface area (Å²) in [6.07, 6.45) is 1.83. The lowest BCUT2D eigenvalue weighted by atomic mass is 9.97. The number of likely N-dealkylation sites (tertiary alicyclic amines) is 1. The minimum atomic E-state index is -0.229. The predicted molar refractivity (Wildman–Crippen MR) is 91.6 cm³/mol. The Balaban J connectivity index is 1.52. The van der Waals surface area contributed by atoms with Crippen LogP contribution in [0.1, 0.15) is 29.0 Å². The van der Waals surface area contributed by atoms with Gasteiger partial charge in [0, 0.05) is 30.6 Å². The second kappa shape index (κ2) is 7.05. The van der Waals surface area contributed by atoms with Crippen molar-refractivity contribution in [2.24, 2.45) is 11.7 Å². The quantitative estimate of drug-likeness (QED) is 0.873. The number of carbonyl (C=O) groups is 2. The number of carbonyl (C=O) groups excluding carboxylic acids is 2. The van der Waals surface area contributed by atoms with E-state index in [4.69, 9.17) is 10.2 Å². The van der Waals surface area contributed by atoms with Gasteiger partial charge >= 0.3 is 0 Å². The SMILES string of the molecule is Cc1cc2cc(C(=O)NCCN3CCC[C@@H](C(N)=O)C3)ccc2o1. The first-order chi connectivity index (χ1) is 11.5. The van der Waals surface area contributed by atoms with Gasteiger partial charge < -0.3 is 20.4 Å². The minimum absolute atomic E-state index is 0.0683. The molecule has 1 aromatic carbocycles. The van der Waals surface area contributed by atoms with Crippen molar-refractivity contribution in [2.75, 3.05) is 26.2 Å². The molecule has 0 spiro atoms. The topological polar surface area (TPSA) is 88.6 Å². The molecular formula is C18H23N3O3. The van der Waals surface area contributed by atoms with Crippen LogP contribution in [0.3, 0.4) is 0 Å². The zero-order chi connectivity index (χ0) is 17.1. The molecule has 2 aromatic rings. The highest BCUT2D eigenvalue weighted by Gasteiger charge is 2.23. The first kappa shape index (κ1) is 16.5. The van der Waals surface area contributed by atoms with Gasteiger partial charge in [0.15, 0.2) is 0 Å². The molecule has 3 N–H and O–H groups in total. The van der Waals surface area contributed by atoms with Gasteiger partial charge in [-0.3, -0.25) is 9.59 Å². The number of nitrogens with zero attached hydrogens (tertiary/aromatic N) is 1. The maximum Gasteiger partial charge on any atom is 0.251 e. The number of furan rings is 1. The molecule has 0 saturated carbocycles. The van der Waals surface area contributed by atoms with Gasteiger partial charge in [0.05, 0.1) is 5.92 Å². The highest BCUT2D eigenvalue weighted by Crippen LogP contribution is 2.20. The number of primary amides is 1. The average molecular weight is 329 g/mol. The Morgan fingerprint density at radius 3 is 3.00 bits per heavy atom. The van der Waals surface area contributed by atoms with Crippen LogP contribution in [-0.4, -0.2) is 42.9 Å². The van der Waals surface area contributed by atoms with E-state index in [0.29, 0.717) is 18.7 Å². The fourth-order valence-corrected chi connectivity index (χ4v) is 3.24. The van der Waals surface area contributed by atoms with E-state index in [1.807, 2.05) is 25.1 Å². The maximum atomic E-state index is 12.3. The summed E-state index contributed by atoms with van der Waals surface area (Å²) in [6.45, 7) is 4.79. The van der Waals surface area contributed by atoms with Crippen molar-refractivity contribution < 1.29 is 14.0 Å². The lowest BCUT2D eigenvalue weighted by Crippen LogP contribution is -2.44. The lowest BCUT2D eigenvalue weighted by molar-refractivity contribution is -0.123. The molecule has 128 valence electrons. The van der Waals surface area contributed by atoms with Gasteiger partial charge in [-0.25, -0.2) is 0 Å². The van der Waals surface area contributed by atoms with Crippen molar-refractivity contribution in [1.82, 2.24) is 10.2 Å². The summed E-state index contributed by atoms with van der Waals surface area (Å²) in [4.78, 5) is 25.8. The number of fused-ring (bicyclic) bond motifs is 1. The number of benzene rings is 1. The number of amides is 2. The van der Waals surface area contributed by atoms with Gasteiger partial charge in [-0.05, 0) is 50.6 Å². The summed E-state index contributed by atoms with van der Waals surface area (Å²) in [5.74, 6) is 0.435. The van der Waals surface area contributed by atoms with E-state index in [9.17, 15) is 9.59 Å². The highest BCUT2D eigenvalue weighted by atomic mass is 16.3. The van der Waals surface area contributed by atoms with E-state index < -0.39 is 0 Å². The maximum absolute atomic E-state index is 12.3. The van der Waals surface area contributed by atoms with Crippen molar-refractivity contribution in [3.8, 4) is 0 Å². The minimum Gasteiger partial charge on any atom is -0.461 e. The molecule has 1 aliphatic heterocycles. The Kier molecular flexibility index (Phi) is 4.85. The molecule has 6 heteroatoms. The van der Waals surface area contributed by atoms with Crippen molar-refractivity contribution in [2.45, 2.75) is 19.8 Å². The number of hydrogen-bond donors (Lipinski definition) is 2. The number of nitrogens with one attached hydrogen (secondary N) is 1. The molecule has 24 heavy (non-hydrogen) atoms. The zero-order valence-corrected chi connectivity index (χ0v) is 13.9. The van der Waals surface area contributed by atoms with Crippen LogP contribution >= 0.6 is 0 Å².